The molecule has 1 fully saturated rings. The Morgan fingerprint density at radius 2 is 1.42 bits per heavy atom. The van der Waals surface area contributed by atoms with Crippen molar-refractivity contribution in [2.75, 3.05) is 38.8 Å². The van der Waals surface area contributed by atoms with Crippen LogP contribution in [0.5, 0.6) is 0 Å². The molecule has 6 atom stereocenters. The summed E-state index contributed by atoms with van der Waals surface area (Å²) < 4.78 is 57.4. The number of phosphoric ester groups is 1. The smallest absolute Gasteiger partial charge is 0.387 e. The fourth-order valence-electron chi connectivity index (χ4n) is 6.43. The number of rotatable bonds is 32. The lowest BCUT2D eigenvalue weighted by atomic mass is 10.1. The van der Waals surface area contributed by atoms with Gasteiger partial charge in [-0.25, -0.2) is 13.9 Å². The maximum absolute atomic E-state index is 15.2. The number of nitrogens with two attached hydrogens (primary N) is 1. The second-order valence-corrected chi connectivity index (χ2v) is 16.0. The Hall–Kier alpha value is -1.48. The Balaban J connectivity index is 1.41. The van der Waals surface area contributed by atoms with Crippen molar-refractivity contribution in [3.05, 3.63) is 11.6 Å². The number of nitrogen functional groups attached to an aromatic ring is 1. The number of aliphatic hydroxyl groups is 1. The molecule has 3 heterocycles. The average Bonchev–Trinajstić information content (AvgIpc) is 3.68. The van der Waals surface area contributed by atoms with Gasteiger partial charge in [0.15, 0.2) is 23.9 Å². The first-order valence-corrected chi connectivity index (χ1v) is 22.0. The molecule has 1 aliphatic heterocycles. The van der Waals surface area contributed by atoms with Crippen molar-refractivity contribution in [2.24, 2.45) is 0 Å². The van der Waals surface area contributed by atoms with Crippen LogP contribution in [0.3, 0.4) is 0 Å². The zero-order chi connectivity index (χ0) is 38.3. The van der Waals surface area contributed by atoms with E-state index < -0.39 is 45.1 Å². The molecule has 0 saturated carbocycles. The fourth-order valence-corrected chi connectivity index (χ4v) is 7.37. The van der Waals surface area contributed by atoms with Gasteiger partial charge in [-0.05, 0) is 24.4 Å². The van der Waals surface area contributed by atoms with Crippen LogP contribution in [0.2, 0.25) is 5.28 Å². The van der Waals surface area contributed by atoms with E-state index in [1.54, 1.807) is 0 Å². The summed E-state index contributed by atoms with van der Waals surface area (Å²) >= 11 is 5.92. The number of aromatic nitrogens is 4. The Labute approximate surface area is 320 Å². The van der Waals surface area contributed by atoms with Crippen LogP contribution in [0.4, 0.5) is 10.2 Å². The molecule has 1 aliphatic rings. The van der Waals surface area contributed by atoms with Gasteiger partial charge in [0.05, 0.1) is 26.1 Å². The quantitative estimate of drug-likeness (QED) is 0.0365. The molecule has 1 saturated heterocycles. The molecule has 0 radical (unpaired) electrons. The molecule has 53 heavy (non-hydrogen) atoms. The summed E-state index contributed by atoms with van der Waals surface area (Å²) in [5, 5.41) is 10.4. The van der Waals surface area contributed by atoms with E-state index in [-0.39, 0.29) is 35.5 Å². The molecule has 13 nitrogen and oxygen atoms in total. The number of nitrogens with zero attached hydrogens (tertiary/aromatic N) is 4. The van der Waals surface area contributed by atoms with E-state index in [2.05, 4.69) is 28.8 Å². The van der Waals surface area contributed by atoms with Gasteiger partial charge in [0.25, 0.3) is 0 Å². The summed E-state index contributed by atoms with van der Waals surface area (Å²) in [6, 6.07) is 0. The molecule has 0 amide bonds. The minimum absolute atomic E-state index is 0.000869. The van der Waals surface area contributed by atoms with Crippen LogP contribution in [0.1, 0.15) is 148 Å². The van der Waals surface area contributed by atoms with Crippen molar-refractivity contribution in [1.29, 1.82) is 0 Å². The van der Waals surface area contributed by atoms with Crippen molar-refractivity contribution in [3.63, 3.8) is 0 Å². The highest BCUT2D eigenvalue weighted by Gasteiger charge is 2.47. The van der Waals surface area contributed by atoms with E-state index in [9.17, 15) is 14.6 Å². The number of halogens is 2. The molecule has 306 valence electrons. The average molecular weight is 794 g/mol. The Morgan fingerprint density at radius 3 is 2.00 bits per heavy atom. The number of fused-ring (bicyclic) bond motifs is 1. The zero-order valence-corrected chi connectivity index (χ0v) is 33.7. The molecule has 3 rings (SSSR count). The van der Waals surface area contributed by atoms with Crippen molar-refractivity contribution < 1.29 is 42.2 Å². The van der Waals surface area contributed by atoms with Crippen LogP contribution < -0.4 is 5.73 Å². The first-order chi connectivity index (χ1) is 25.7. The van der Waals surface area contributed by atoms with Crippen LogP contribution >= 0.6 is 19.4 Å². The molecular formula is C37H66ClFN5O8P. The molecule has 4 N–H and O–H groups in total. The second-order valence-electron chi connectivity index (χ2n) is 14.2. The number of hydrogen-bond donors (Lipinski definition) is 3. The van der Waals surface area contributed by atoms with Gasteiger partial charge < -0.3 is 29.9 Å². The number of ether oxygens (including phenoxy) is 3. The lowest BCUT2D eigenvalue weighted by Crippen LogP contribution is -2.31. The monoisotopic (exact) mass is 793 g/mol. The van der Waals surface area contributed by atoms with Gasteiger partial charge in [-0.15, -0.1) is 0 Å². The second kappa shape index (κ2) is 26.4. The van der Waals surface area contributed by atoms with Crippen LogP contribution in [0, 0.1) is 0 Å². The van der Waals surface area contributed by atoms with E-state index in [0.717, 1.165) is 32.1 Å². The highest BCUT2D eigenvalue weighted by atomic mass is 35.5. The Kier molecular flexibility index (Phi) is 22.9. The molecule has 2 aromatic rings. The van der Waals surface area contributed by atoms with Crippen LogP contribution in [-0.2, 0) is 27.8 Å². The third kappa shape index (κ3) is 17.5. The van der Waals surface area contributed by atoms with Gasteiger partial charge in [-0.1, -0.05) is 129 Å². The summed E-state index contributed by atoms with van der Waals surface area (Å²) in [7, 11) is -4.64. The maximum atomic E-state index is 15.2. The molecule has 0 bridgehead atoms. The van der Waals surface area contributed by atoms with E-state index in [1.807, 2.05) is 0 Å². The lowest BCUT2D eigenvalue weighted by Gasteiger charge is -2.21. The predicted octanol–water partition coefficient (Wildman–Crippen LogP) is 9.04. The number of anilines is 1. The van der Waals surface area contributed by atoms with E-state index >= 15 is 4.39 Å². The third-order valence-electron chi connectivity index (χ3n) is 9.61. The predicted molar refractivity (Wildman–Crippen MR) is 206 cm³/mol. The summed E-state index contributed by atoms with van der Waals surface area (Å²) in [5.74, 6) is 0.000869. The number of unbranched alkanes of at least 4 members (excludes halogenated alkanes) is 18. The molecule has 2 unspecified atom stereocenters. The number of alkyl halides is 1. The summed E-state index contributed by atoms with van der Waals surface area (Å²) in [6.45, 7) is 4.87. The summed E-state index contributed by atoms with van der Waals surface area (Å²) in [6.07, 6.45) is 18.7. The van der Waals surface area contributed by atoms with Gasteiger partial charge in [-0.2, -0.15) is 9.97 Å². The molecule has 16 heteroatoms. The largest absolute Gasteiger partial charge is 0.472 e. The summed E-state index contributed by atoms with van der Waals surface area (Å²) in [5.41, 5.74) is 6.14. The molecule has 2 aromatic heterocycles. The van der Waals surface area contributed by atoms with Crippen LogP contribution in [-0.4, -0.2) is 87.0 Å². The number of aliphatic hydroxyl groups excluding tert-OH is 1. The first kappa shape index (κ1) is 45.9. The molecule has 0 spiro atoms. The Morgan fingerprint density at radius 1 is 0.868 bits per heavy atom. The van der Waals surface area contributed by atoms with Crippen LogP contribution in [0.15, 0.2) is 6.33 Å². The van der Waals surface area contributed by atoms with E-state index in [0.29, 0.717) is 13.2 Å². The standard InChI is InChI=1S/C37H66ClFN5O8P/c1-3-5-7-9-11-13-15-17-19-21-23-48-25-29(49-24-22-20-18-16-14-12-10-8-6-4-2)26-50-53(46,47)51-27-30-33(45)31(39)36(52-30)44-28-41-32-34(40)42-37(38)43-35(32)44/h28-31,33,36,45H,3-27H2,1-2H3,(H,46,47)(H2,40,42,43)/t29?,30-,31+,33-,36-/m1/s1. The van der Waals surface area contributed by atoms with Crippen molar-refractivity contribution in [1.82, 2.24) is 19.5 Å². The number of imidazole rings is 1. The Bertz CT molecular complexity index is 1320. The number of hydrogen-bond acceptors (Lipinski definition) is 11. The summed E-state index contributed by atoms with van der Waals surface area (Å²) in [4.78, 5) is 22.5. The SMILES string of the molecule is CCCCCCCCCCCCOCC(COP(=O)(O)OC[C@H]1O[C@@H](n2cnc3c(N)nc(Cl)nc32)[C@@H](F)[C@@H]1O)OCCCCCCCCCCCC. The molecular weight excluding hydrogens is 728 g/mol. The van der Waals surface area contributed by atoms with E-state index in [1.165, 1.54) is 107 Å². The first-order valence-electron chi connectivity index (χ1n) is 20.1. The zero-order valence-electron chi connectivity index (χ0n) is 32.1. The topological polar surface area (TPSA) is 173 Å². The maximum Gasteiger partial charge on any atom is 0.472 e. The van der Waals surface area contributed by atoms with Crippen LogP contribution in [0.25, 0.3) is 11.2 Å². The van der Waals surface area contributed by atoms with Gasteiger partial charge >= 0.3 is 7.82 Å². The normalized spacial score (nSPS) is 20.7. The third-order valence-corrected chi connectivity index (χ3v) is 10.7. The van der Waals surface area contributed by atoms with Crippen molar-refractivity contribution in [3.8, 4) is 0 Å². The minimum atomic E-state index is -4.64. The van der Waals surface area contributed by atoms with Gasteiger partial charge in [-0.3, -0.25) is 13.6 Å². The van der Waals surface area contributed by atoms with Gasteiger partial charge in [0, 0.05) is 13.2 Å². The van der Waals surface area contributed by atoms with Crippen molar-refractivity contribution in [2.45, 2.75) is 173 Å². The fraction of sp³-hybridized carbons (Fsp3) is 0.865. The van der Waals surface area contributed by atoms with E-state index in [4.69, 9.17) is 40.6 Å². The molecule has 0 aromatic carbocycles. The lowest BCUT2D eigenvalue weighted by molar-refractivity contribution is -0.0569. The minimum Gasteiger partial charge on any atom is -0.387 e. The van der Waals surface area contributed by atoms with Gasteiger partial charge in [0.2, 0.25) is 5.28 Å². The highest BCUT2D eigenvalue weighted by molar-refractivity contribution is 7.47. The molecule has 0 aliphatic carbocycles. The number of phosphoric acid groups is 1. The van der Waals surface area contributed by atoms with Crippen molar-refractivity contribution >= 4 is 36.4 Å². The van der Waals surface area contributed by atoms with Gasteiger partial charge in [0.1, 0.15) is 23.8 Å². The highest BCUT2D eigenvalue weighted by Crippen LogP contribution is 2.45.